The van der Waals surface area contributed by atoms with E-state index in [1.165, 1.54) is 12.1 Å². The van der Waals surface area contributed by atoms with E-state index in [9.17, 15) is 21.6 Å². The van der Waals surface area contributed by atoms with Gasteiger partial charge in [0.1, 0.15) is 0 Å². The maximum absolute atomic E-state index is 12.4. The molecule has 1 aromatic carbocycles. The molecule has 10 heteroatoms. The van der Waals surface area contributed by atoms with E-state index in [-0.39, 0.29) is 18.1 Å². The molecule has 0 bridgehead atoms. The van der Waals surface area contributed by atoms with E-state index in [0.717, 1.165) is 0 Å². The van der Waals surface area contributed by atoms with Crippen LogP contribution in [-0.4, -0.2) is 40.1 Å². The van der Waals surface area contributed by atoms with Crippen LogP contribution in [0.25, 0.3) is 0 Å². The minimum atomic E-state index is -5.40. The Morgan fingerprint density at radius 1 is 1.14 bits per heavy atom. The number of benzene rings is 1. The Balaban J connectivity index is 0.00000220. The first kappa shape index (κ1) is 17.9. The third-order valence-electron chi connectivity index (χ3n) is 2.91. The summed E-state index contributed by atoms with van der Waals surface area (Å²) in [7, 11) is -5.40. The zero-order valence-corrected chi connectivity index (χ0v) is 12.5. The monoisotopic (exact) mass is 345 g/mol. The summed E-state index contributed by atoms with van der Waals surface area (Å²) in [5.41, 5.74) is -4.95. The maximum atomic E-state index is 12.4. The van der Waals surface area contributed by atoms with Gasteiger partial charge in [-0.1, -0.05) is 12.1 Å². The molecule has 0 spiro atoms. The van der Waals surface area contributed by atoms with Crippen LogP contribution in [0.3, 0.4) is 0 Å². The van der Waals surface area contributed by atoms with Gasteiger partial charge in [-0.05, 0) is 12.1 Å². The minimum absolute atomic E-state index is 0. The van der Waals surface area contributed by atoms with Gasteiger partial charge in [0.15, 0.2) is 0 Å². The number of anilines is 2. The molecule has 1 aromatic rings. The average molecular weight is 346 g/mol. The lowest BCUT2D eigenvalue weighted by molar-refractivity contribution is -0.0429. The molecule has 1 aliphatic rings. The van der Waals surface area contributed by atoms with Gasteiger partial charge in [0, 0.05) is 26.2 Å². The number of alkyl halides is 3. The second kappa shape index (κ2) is 6.71. The van der Waals surface area contributed by atoms with Crippen molar-refractivity contribution in [3.8, 4) is 0 Å². The summed E-state index contributed by atoms with van der Waals surface area (Å²) in [5.74, 6) is 0. The van der Waals surface area contributed by atoms with Gasteiger partial charge in [-0.3, -0.25) is 4.72 Å². The number of para-hydroxylation sites is 2. The molecule has 0 aromatic heterocycles. The molecule has 1 saturated heterocycles. The third kappa shape index (κ3) is 4.14. The summed E-state index contributed by atoms with van der Waals surface area (Å²) in [6.45, 7) is 2.59. The second-order valence-corrected chi connectivity index (χ2v) is 5.98. The van der Waals surface area contributed by atoms with Crippen molar-refractivity contribution in [3.63, 3.8) is 0 Å². The highest BCUT2D eigenvalue weighted by Gasteiger charge is 2.46. The lowest BCUT2D eigenvalue weighted by atomic mass is 10.2. The number of piperazine rings is 1. The molecular formula is C11H15ClF3N3O2S. The van der Waals surface area contributed by atoms with Crippen molar-refractivity contribution in [1.29, 1.82) is 0 Å². The zero-order chi connectivity index (χ0) is 14.8. The molecule has 120 valence electrons. The van der Waals surface area contributed by atoms with Gasteiger partial charge in [-0.2, -0.15) is 21.6 Å². The van der Waals surface area contributed by atoms with Gasteiger partial charge in [-0.25, -0.2) is 0 Å². The standard InChI is InChI=1S/C11H14F3N3O2S.ClH/c12-11(13,14)20(18,19)16-9-3-1-2-4-10(9)17-7-5-15-6-8-17;/h1-4,15-16H,5-8H2;1H. The lowest BCUT2D eigenvalue weighted by Gasteiger charge is -2.31. The summed E-state index contributed by atoms with van der Waals surface area (Å²) in [6, 6.07) is 6.06. The number of halogens is 4. The van der Waals surface area contributed by atoms with Crippen LogP contribution in [0, 0.1) is 0 Å². The Kier molecular flexibility index (Phi) is 5.71. The summed E-state index contributed by atoms with van der Waals surface area (Å²) < 4.78 is 61.2. The molecule has 1 aliphatic heterocycles. The third-order valence-corrected chi connectivity index (χ3v) is 4.01. The largest absolute Gasteiger partial charge is 0.516 e. The van der Waals surface area contributed by atoms with Crippen molar-refractivity contribution in [1.82, 2.24) is 5.32 Å². The van der Waals surface area contributed by atoms with Crippen molar-refractivity contribution in [3.05, 3.63) is 24.3 Å². The Morgan fingerprint density at radius 2 is 1.71 bits per heavy atom. The van der Waals surface area contributed by atoms with Crippen molar-refractivity contribution < 1.29 is 21.6 Å². The number of hydrogen-bond donors (Lipinski definition) is 2. The molecule has 1 heterocycles. The quantitative estimate of drug-likeness (QED) is 0.876. The molecule has 0 atom stereocenters. The number of rotatable bonds is 3. The van der Waals surface area contributed by atoms with Crippen molar-refractivity contribution in [2.24, 2.45) is 0 Å². The molecule has 1 fully saturated rings. The molecule has 0 saturated carbocycles. The van der Waals surface area contributed by atoms with E-state index >= 15 is 0 Å². The smallest absolute Gasteiger partial charge is 0.367 e. The second-order valence-electron chi connectivity index (χ2n) is 4.31. The molecule has 0 radical (unpaired) electrons. The normalized spacial score (nSPS) is 16.2. The van der Waals surface area contributed by atoms with Crippen LogP contribution in [0.5, 0.6) is 0 Å². The van der Waals surface area contributed by atoms with Gasteiger partial charge < -0.3 is 10.2 Å². The minimum Gasteiger partial charge on any atom is -0.367 e. The van der Waals surface area contributed by atoms with E-state index < -0.39 is 15.5 Å². The van der Waals surface area contributed by atoms with Crippen LogP contribution >= 0.6 is 12.4 Å². The molecule has 0 amide bonds. The molecular weight excluding hydrogens is 331 g/mol. The summed E-state index contributed by atoms with van der Waals surface area (Å²) in [4.78, 5) is 1.84. The van der Waals surface area contributed by atoms with Crippen LogP contribution in [0.4, 0.5) is 24.5 Å². The summed E-state index contributed by atoms with van der Waals surface area (Å²) in [5, 5.41) is 3.12. The number of nitrogens with one attached hydrogen (secondary N) is 2. The van der Waals surface area contributed by atoms with E-state index in [4.69, 9.17) is 0 Å². The Hall–Kier alpha value is -1.19. The van der Waals surface area contributed by atoms with Crippen LogP contribution in [0.1, 0.15) is 0 Å². The molecule has 2 N–H and O–H groups in total. The van der Waals surface area contributed by atoms with Gasteiger partial charge >= 0.3 is 15.5 Å². The van der Waals surface area contributed by atoms with Crippen molar-refractivity contribution in [2.45, 2.75) is 5.51 Å². The molecule has 0 aliphatic carbocycles. The van der Waals surface area contributed by atoms with Crippen LogP contribution < -0.4 is 14.9 Å². The Labute approximate surface area is 127 Å². The Morgan fingerprint density at radius 3 is 2.29 bits per heavy atom. The first-order valence-electron chi connectivity index (χ1n) is 5.95. The fourth-order valence-electron chi connectivity index (χ4n) is 1.94. The van der Waals surface area contributed by atoms with Gasteiger partial charge in [0.2, 0.25) is 0 Å². The van der Waals surface area contributed by atoms with Crippen molar-refractivity contribution >= 4 is 33.8 Å². The molecule has 0 unspecified atom stereocenters. The molecule has 2 rings (SSSR count). The number of sulfonamides is 1. The van der Waals surface area contributed by atoms with Gasteiger partial charge in [0.05, 0.1) is 11.4 Å². The van der Waals surface area contributed by atoms with Gasteiger partial charge in [0.25, 0.3) is 0 Å². The van der Waals surface area contributed by atoms with E-state index in [1.807, 2.05) is 4.90 Å². The average Bonchev–Trinajstić information content (AvgIpc) is 2.38. The molecule has 5 nitrogen and oxygen atoms in total. The highest BCUT2D eigenvalue weighted by atomic mass is 35.5. The fourth-order valence-corrected chi connectivity index (χ4v) is 2.52. The predicted octanol–water partition coefficient (Wildman–Crippen LogP) is 1.78. The SMILES string of the molecule is Cl.O=S(=O)(Nc1ccccc1N1CCNCC1)C(F)(F)F. The number of nitrogens with zero attached hydrogens (tertiary/aromatic N) is 1. The van der Waals surface area contributed by atoms with Gasteiger partial charge in [-0.15, -0.1) is 12.4 Å². The molecule has 21 heavy (non-hydrogen) atoms. The lowest BCUT2D eigenvalue weighted by Crippen LogP contribution is -2.44. The predicted molar refractivity (Wildman–Crippen MR) is 77.4 cm³/mol. The highest BCUT2D eigenvalue weighted by Crippen LogP contribution is 2.31. The zero-order valence-electron chi connectivity index (χ0n) is 10.9. The summed E-state index contributed by atoms with van der Waals surface area (Å²) in [6.07, 6.45) is 0. The Bertz CT molecular complexity index is 574. The van der Waals surface area contributed by atoms with Crippen LogP contribution in [-0.2, 0) is 10.0 Å². The summed E-state index contributed by atoms with van der Waals surface area (Å²) >= 11 is 0. The van der Waals surface area contributed by atoms with E-state index in [2.05, 4.69) is 5.32 Å². The van der Waals surface area contributed by atoms with Crippen LogP contribution in [0.15, 0.2) is 24.3 Å². The topological polar surface area (TPSA) is 61.4 Å². The van der Waals surface area contributed by atoms with E-state index in [0.29, 0.717) is 31.9 Å². The number of hydrogen-bond acceptors (Lipinski definition) is 4. The van der Waals surface area contributed by atoms with E-state index in [1.54, 1.807) is 16.9 Å². The highest BCUT2D eigenvalue weighted by molar-refractivity contribution is 7.93. The van der Waals surface area contributed by atoms with Crippen LogP contribution in [0.2, 0.25) is 0 Å². The fraction of sp³-hybridized carbons (Fsp3) is 0.455. The maximum Gasteiger partial charge on any atom is 0.516 e. The van der Waals surface area contributed by atoms with Crippen molar-refractivity contribution in [2.75, 3.05) is 35.8 Å². The first-order chi connectivity index (χ1) is 9.31. The first-order valence-corrected chi connectivity index (χ1v) is 7.43.